The number of hydrogen-bond donors (Lipinski definition) is 1. The third kappa shape index (κ3) is 4.26. The van der Waals surface area contributed by atoms with Gasteiger partial charge in [-0.25, -0.2) is 4.39 Å². The van der Waals surface area contributed by atoms with Gasteiger partial charge >= 0.3 is 0 Å². The number of fused-ring (bicyclic) bond motifs is 1. The van der Waals surface area contributed by atoms with Gasteiger partial charge in [-0.2, -0.15) is 0 Å². The summed E-state index contributed by atoms with van der Waals surface area (Å²) < 4.78 is 14.2. The molecule has 1 N–H and O–H groups in total. The molecule has 0 aromatic heterocycles. The highest BCUT2D eigenvalue weighted by molar-refractivity contribution is 5.95. The molecule has 1 aliphatic carbocycles. The fourth-order valence-electron chi connectivity index (χ4n) is 4.59. The molecule has 0 bridgehead atoms. The molecule has 2 aliphatic rings. The topological polar surface area (TPSA) is 32.3 Å². The number of carbonyl (C=O) groups is 1. The Bertz CT molecular complexity index is 702. The van der Waals surface area contributed by atoms with Crippen LogP contribution in [0.4, 0.5) is 10.1 Å². The molecule has 0 spiro atoms. The number of carbonyl (C=O) groups excluding carboxylic acids is 1. The normalized spacial score (nSPS) is 25.5. The summed E-state index contributed by atoms with van der Waals surface area (Å²) in [6, 6.07) is 9.11. The van der Waals surface area contributed by atoms with Crippen molar-refractivity contribution in [3.8, 4) is 0 Å². The fraction of sp³-hybridized carbons (Fsp3) is 0.609. The average Bonchev–Trinajstić information content (AvgIpc) is 2.67. The van der Waals surface area contributed by atoms with Crippen molar-refractivity contribution in [3.05, 3.63) is 41.2 Å². The minimum absolute atomic E-state index is 0.00216. The number of para-hydroxylation sites is 1. The van der Waals surface area contributed by atoms with Crippen molar-refractivity contribution in [1.29, 1.82) is 0 Å². The van der Waals surface area contributed by atoms with E-state index in [4.69, 9.17) is 0 Å². The molecule has 1 aromatic rings. The largest absolute Gasteiger partial charge is 0.309 e. The molecule has 3 rings (SSSR count). The van der Waals surface area contributed by atoms with E-state index in [2.05, 4.69) is 30.4 Å². The Morgan fingerprint density at radius 3 is 2.56 bits per heavy atom. The molecule has 1 aliphatic heterocycles. The SMILES string of the molecule is CCC(=O)N1c2ccccc2C(NC2CCC(=C(F)C(C)C)CC2)CC1C. The molecule has 0 radical (unpaired) electrons. The second-order valence-electron chi connectivity index (χ2n) is 8.36. The molecule has 2 atom stereocenters. The van der Waals surface area contributed by atoms with Crippen molar-refractivity contribution in [2.24, 2.45) is 5.92 Å². The van der Waals surface area contributed by atoms with E-state index in [1.807, 2.05) is 31.7 Å². The van der Waals surface area contributed by atoms with Gasteiger partial charge in [-0.15, -0.1) is 0 Å². The van der Waals surface area contributed by atoms with E-state index < -0.39 is 0 Å². The van der Waals surface area contributed by atoms with Crippen LogP contribution in [0, 0.1) is 5.92 Å². The van der Waals surface area contributed by atoms with Crippen molar-refractivity contribution in [2.75, 3.05) is 4.90 Å². The van der Waals surface area contributed by atoms with Crippen LogP contribution in [0.15, 0.2) is 35.7 Å². The van der Waals surface area contributed by atoms with Gasteiger partial charge in [-0.1, -0.05) is 39.0 Å². The molecule has 1 fully saturated rings. The van der Waals surface area contributed by atoms with Gasteiger partial charge in [0.2, 0.25) is 5.91 Å². The highest BCUT2D eigenvalue weighted by Gasteiger charge is 2.34. The van der Waals surface area contributed by atoms with Gasteiger partial charge in [-0.05, 0) is 56.2 Å². The molecule has 148 valence electrons. The third-order valence-corrected chi connectivity index (χ3v) is 6.03. The second kappa shape index (κ2) is 8.55. The Balaban J connectivity index is 1.73. The zero-order valence-electron chi connectivity index (χ0n) is 17.1. The summed E-state index contributed by atoms with van der Waals surface area (Å²) >= 11 is 0. The Kier molecular flexibility index (Phi) is 6.36. The van der Waals surface area contributed by atoms with Crippen molar-refractivity contribution in [3.63, 3.8) is 0 Å². The summed E-state index contributed by atoms with van der Waals surface area (Å²) in [5, 5.41) is 3.83. The molecular weight excluding hydrogens is 339 g/mol. The minimum Gasteiger partial charge on any atom is -0.309 e. The van der Waals surface area contributed by atoms with Gasteiger partial charge in [0.1, 0.15) is 5.83 Å². The lowest BCUT2D eigenvalue weighted by molar-refractivity contribution is -0.118. The van der Waals surface area contributed by atoms with Gasteiger partial charge in [0, 0.05) is 36.2 Å². The first-order valence-corrected chi connectivity index (χ1v) is 10.5. The number of hydrogen-bond acceptors (Lipinski definition) is 2. The summed E-state index contributed by atoms with van der Waals surface area (Å²) in [4.78, 5) is 14.4. The van der Waals surface area contributed by atoms with Crippen LogP contribution in [0.2, 0.25) is 0 Å². The number of nitrogens with one attached hydrogen (secondary N) is 1. The van der Waals surface area contributed by atoms with Crippen molar-refractivity contribution < 1.29 is 9.18 Å². The van der Waals surface area contributed by atoms with Crippen molar-refractivity contribution in [1.82, 2.24) is 5.32 Å². The maximum absolute atomic E-state index is 14.2. The first kappa shape index (κ1) is 20.1. The predicted molar refractivity (Wildman–Crippen MR) is 109 cm³/mol. The highest BCUT2D eigenvalue weighted by atomic mass is 19.1. The lowest BCUT2D eigenvalue weighted by atomic mass is 9.86. The molecule has 4 heteroatoms. The lowest BCUT2D eigenvalue weighted by Gasteiger charge is -2.41. The van der Waals surface area contributed by atoms with Gasteiger partial charge in [-0.3, -0.25) is 4.79 Å². The molecule has 0 saturated heterocycles. The Labute approximate surface area is 163 Å². The zero-order chi connectivity index (χ0) is 19.6. The smallest absolute Gasteiger partial charge is 0.226 e. The summed E-state index contributed by atoms with van der Waals surface area (Å²) in [7, 11) is 0. The van der Waals surface area contributed by atoms with E-state index in [0.29, 0.717) is 12.5 Å². The summed E-state index contributed by atoms with van der Waals surface area (Å²) in [6.07, 6.45) is 5.12. The van der Waals surface area contributed by atoms with E-state index in [1.54, 1.807) is 0 Å². The van der Waals surface area contributed by atoms with E-state index >= 15 is 0 Å². The molecule has 1 saturated carbocycles. The molecule has 3 nitrogen and oxygen atoms in total. The number of anilines is 1. The quantitative estimate of drug-likeness (QED) is 0.738. The predicted octanol–water partition coefficient (Wildman–Crippen LogP) is 5.67. The number of halogens is 1. The maximum atomic E-state index is 14.2. The summed E-state index contributed by atoms with van der Waals surface area (Å²) in [5.41, 5.74) is 3.27. The van der Waals surface area contributed by atoms with Crippen LogP contribution in [0.5, 0.6) is 0 Å². The van der Waals surface area contributed by atoms with Crippen molar-refractivity contribution in [2.45, 2.75) is 84.3 Å². The van der Waals surface area contributed by atoms with Crippen LogP contribution >= 0.6 is 0 Å². The van der Waals surface area contributed by atoms with Crippen LogP contribution in [-0.2, 0) is 4.79 Å². The van der Waals surface area contributed by atoms with Crippen LogP contribution in [0.25, 0.3) is 0 Å². The highest BCUT2D eigenvalue weighted by Crippen LogP contribution is 2.39. The van der Waals surface area contributed by atoms with Crippen LogP contribution in [-0.4, -0.2) is 18.0 Å². The van der Waals surface area contributed by atoms with E-state index in [0.717, 1.165) is 43.4 Å². The Morgan fingerprint density at radius 2 is 1.93 bits per heavy atom. The molecule has 1 amide bonds. The standard InChI is InChI=1S/C23H33FN2O/c1-5-22(27)26-16(4)14-20(19-8-6-7-9-21(19)26)25-18-12-10-17(11-13-18)23(24)15(2)3/h6-9,15-16,18,20,25H,5,10-14H2,1-4H3. The van der Waals surface area contributed by atoms with E-state index in [1.165, 1.54) is 5.56 Å². The zero-order valence-corrected chi connectivity index (χ0v) is 17.1. The molecule has 1 heterocycles. The first-order chi connectivity index (χ1) is 12.9. The average molecular weight is 373 g/mol. The van der Waals surface area contributed by atoms with E-state index in [-0.39, 0.29) is 29.7 Å². The molecular formula is C23H33FN2O. The van der Waals surface area contributed by atoms with Crippen LogP contribution in [0.3, 0.4) is 0 Å². The molecule has 27 heavy (non-hydrogen) atoms. The first-order valence-electron chi connectivity index (χ1n) is 10.5. The number of amides is 1. The number of benzene rings is 1. The third-order valence-electron chi connectivity index (χ3n) is 6.03. The Hall–Kier alpha value is -1.68. The monoisotopic (exact) mass is 372 g/mol. The number of nitrogens with zero attached hydrogens (tertiary/aromatic N) is 1. The molecule has 2 unspecified atom stereocenters. The number of allylic oxidation sites excluding steroid dienone is 2. The minimum atomic E-state index is -0.00216. The van der Waals surface area contributed by atoms with Crippen LogP contribution in [0.1, 0.15) is 77.8 Å². The summed E-state index contributed by atoms with van der Waals surface area (Å²) in [5.74, 6) is 0.279. The van der Waals surface area contributed by atoms with E-state index in [9.17, 15) is 9.18 Å². The number of rotatable bonds is 4. The van der Waals surface area contributed by atoms with Crippen molar-refractivity contribution >= 4 is 11.6 Å². The maximum Gasteiger partial charge on any atom is 0.226 e. The fourth-order valence-corrected chi connectivity index (χ4v) is 4.59. The second-order valence-corrected chi connectivity index (χ2v) is 8.36. The van der Waals surface area contributed by atoms with Gasteiger partial charge in [0.15, 0.2) is 0 Å². The van der Waals surface area contributed by atoms with Gasteiger partial charge in [0.05, 0.1) is 0 Å². The van der Waals surface area contributed by atoms with Gasteiger partial charge in [0.25, 0.3) is 0 Å². The van der Waals surface area contributed by atoms with Gasteiger partial charge < -0.3 is 10.2 Å². The van der Waals surface area contributed by atoms with Crippen LogP contribution < -0.4 is 10.2 Å². The summed E-state index contributed by atoms with van der Waals surface area (Å²) in [6.45, 7) is 7.91. The Morgan fingerprint density at radius 1 is 1.26 bits per heavy atom. The molecule has 1 aromatic carbocycles. The lowest BCUT2D eigenvalue weighted by Crippen LogP contribution is -2.47.